The number of fused-ring (bicyclic) bond motifs is 3. The van der Waals surface area contributed by atoms with Crippen molar-refractivity contribution in [2.24, 2.45) is 13.0 Å². The summed E-state index contributed by atoms with van der Waals surface area (Å²) >= 11 is 0. The first kappa shape index (κ1) is 23.0. The molecule has 1 aromatic heterocycles. The van der Waals surface area contributed by atoms with Gasteiger partial charge in [0.2, 0.25) is 0 Å². The number of carbonyl (C=O) groups is 3. The van der Waals surface area contributed by atoms with Crippen molar-refractivity contribution in [1.29, 1.82) is 0 Å². The van der Waals surface area contributed by atoms with Gasteiger partial charge in [-0.05, 0) is 28.2 Å². The molecule has 1 aliphatic carbocycles. The van der Waals surface area contributed by atoms with Crippen molar-refractivity contribution in [2.45, 2.75) is 19.3 Å². The molecule has 0 bridgehead atoms. The Hall–Kier alpha value is -4.14. The lowest BCUT2D eigenvalue weighted by Crippen LogP contribution is -2.30. The predicted molar refractivity (Wildman–Crippen MR) is 126 cm³/mol. The second kappa shape index (κ2) is 9.78. The van der Waals surface area contributed by atoms with Crippen molar-refractivity contribution in [3.8, 4) is 11.1 Å². The van der Waals surface area contributed by atoms with Crippen LogP contribution in [-0.4, -0.2) is 46.0 Å². The Bertz CT molecular complexity index is 1190. The molecule has 0 fully saturated rings. The van der Waals surface area contributed by atoms with Crippen LogP contribution < -0.4 is 10.6 Å². The average Bonchev–Trinajstić information content (AvgIpc) is 3.33. The van der Waals surface area contributed by atoms with Crippen LogP contribution in [-0.2, 0) is 16.6 Å². The lowest BCUT2D eigenvalue weighted by Gasteiger charge is -2.15. The minimum atomic E-state index is -0.930. The molecule has 9 heteroatoms. The third-order valence-electron chi connectivity index (χ3n) is 5.88. The van der Waals surface area contributed by atoms with E-state index < -0.39 is 18.0 Å². The Morgan fingerprint density at radius 1 is 1.09 bits per heavy atom. The van der Waals surface area contributed by atoms with Crippen LogP contribution in [0.4, 0.5) is 10.6 Å². The van der Waals surface area contributed by atoms with Gasteiger partial charge in [-0.25, -0.2) is 4.79 Å². The molecule has 3 N–H and O–H groups in total. The number of amides is 2. The quantitative estimate of drug-likeness (QED) is 0.470. The van der Waals surface area contributed by atoms with E-state index in [0.29, 0.717) is 0 Å². The van der Waals surface area contributed by atoms with E-state index >= 15 is 0 Å². The summed E-state index contributed by atoms with van der Waals surface area (Å²) in [5, 5.41) is 18.2. The number of carboxylic acids is 1. The van der Waals surface area contributed by atoms with E-state index in [-0.39, 0.29) is 42.8 Å². The van der Waals surface area contributed by atoms with Gasteiger partial charge in [-0.3, -0.25) is 19.6 Å². The first-order valence-corrected chi connectivity index (χ1v) is 11.0. The van der Waals surface area contributed by atoms with E-state index in [4.69, 9.17) is 9.84 Å². The molecule has 0 spiro atoms. The molecule has 1 heterocycles. The number of aryl methyl sites for hydroxylation is 1. The fraction of sp³-hybridized carbons (Fsp3) is 0.280. The summed E-state index contributed by atoms with van der Waals surface area (Å²) in [4.78, 5) is 36.0. The Balaban J connectivity index is 1.40. The number of ether oxygens (including phenoxy) is 1. The number of carbonyl (C=O) groups excluding carboxylic acids is 2. The molecule has 1 aliphatic rings. The van der Waals surface area contributed by atoms with Gasteiger partial charge in [-0.15, -0.1) is 0 Å². The van der Waals surface area contributed by atoms with Crippen molar-refractivity contribution in [3.63, 3.8) is 0 Å². The number of carboxylic acid groups (broad SMARTS) is 1. The van der Waals surface area contributed by atoms with E-state index in [0.717, 1.165) is 22.3 Å². The molecule has 0 radical (unpaired) electrons. The van der Waals surface area contributed by atoms with Crippen LogP contribution in [0.1, 0.15) is 40.7 Å². The molecule has 34 heavy (non-hydrogen) atoms. The molecule has 9 nitrogen and oxygen atoms in total. The van der Waals surface area contributed by atoms with Gasteiger partial charge in [0, 0.05) is 25.9 Å². The number of hydrogen-bond donors (Lipinski definition) is 3. The molecule has 176 valence electrons. The highest BCUT2D eigenvalue weighted by molar-refractivity contribution is 6.01. The maximum atomic E-state index is 12.6. The molecule has 1 atom stereocenters. The number of hydrogen-bond acceptors (Lipinski definition) is 5. The maximum absolute atomic E-state index is 12.6. The SMILES string of the molecule is CC(CNC(=O)c1cnn(C)c1NC(=O)OCC1c2ccccc2-c2ccccc21)CC(=O)O. The van der Waals surface area contributed by atoms with Gasteiger partial charge in [0.1, 0.15) is 18.0 Å². The second-order valence-corrected chi connectivity index (χ2v) is 8.39. The topological polar surface area (TPSA) is 123 Å². The number of aromatic nitrogens is 2. The van der Waals surface area contributed by atoms with Crippen LogP contribution in [0.2, 0.25) is 0 Å². The van der Waals surface area contributed by atoms with Gasteiger partial charge in [0.15, 0.2) is 0 Å². The van der Waals surface area contributed by atoms with Crippen LogP contribution in [0.15, 0.2) is 54.7 Å². The van der Waals surface area contributed by atoms with Gasteiger partial charge in [-0.1, -0.05) is 55.5 Å². The minimum absolute atomic E-state index is 0.0574. The molecular formula is C25H26N4O5. The molecule has 0 saturated heterocycles. The summed E-state index contributed by atoms with van der Waals surface area (Å²) in [6, 6.07) is 16.1. The number of nitrogens with zero attached hydrogens (tertiary/aromatic N) is 2. The zero-order valence-electron chi connectivity index (χ0n) is 18.9. The van der Waals surface area contributed by atoms with Gasteiger partial charge in [-0.2, -0.15) is 5.10 Å². The zero-order valence-corrected chi connectivity index (χ0v) is 18.9. The summed E-state index contributed by atoms with van der Waals surface area (Å²) in [5.74, 6) is -1.51. The van der Waals surface area contributed by atoms with E-state index in [9.17, 15) is 14.4 Å². The highest BCUT2D eigenvalue weighted by Gasteiger charge is 2.29. The fourth-order valence-corrected chi connectivity index (χ4v) is 4.22. The molecule has 0 saturated carbocycles. The Morgan fingerprint density at radius 3 is 2.32 bits per heavy atom. The Kier molecular flexibility index (Phi) is 6.62. The summed E-state index contributed by atoms with van der Waals surface area (Å²) in [7, 11) is 1.60. The number of nitrogens with one attached hydrogen (secondary N) is 2. The van der Waals surface area contributed by atoms with E-state index in [1.807, 2.05) is 36.4 Å². The number of rotatable bonds is 8. The molecule has 2 aromatic carbocycles. The third kappa shape index (κ3) is 4.78. The van der Waals surface area contributed by atoms with E-state index in [2.05, 4.69) is 27.9 Å². The van der Waals surface area contributed by atoms with Crippen LogP contribution in [0.5, 0.6) is 0 Å². The summed E-state index contributed by atoms with van der Waals surface area (Å²) < 4.78 is 6.93. The van der Waals surface area contributed by atoms with E-state index in [1.165, 1.54) is 10.9 Å². The standard InChI is InChI=1S/C25H26N4O5/c1-15(11-22(30)31)12-26-24(32)20-13-27-29(2)23(20)28-25(33)34-14-21-18-9-5-3-7-16(18)17-8-4-6-10-19(17)21/h3-10,13,15,21H,11-12,14H2,1-2H3,(H,26,32)(H,28,33)(H,30,31). The van der Waals surface area contributed by atoms with Gasteiger partial charge in [0.05, 0.1) is 6.20 Å². The molecule has 2 amide bonds. The van der Waals surface area contributed by atoms with Crippen LogP contribution in [0.3, 0.4) is 0 Å². The van der Waals surface area contributed by atoms with Crippen molar-refractivity contribution in [2.75, 3.05) is 18.5 Å². The van der Waals surface area contributed by atoms with Crippen LogP contribution in [0.25, 0.3) is 11.1 Å². The highest BCUT2D eigenvalue weighted by atomic mass is 16.5. The van der Waals surface area contributed by atoms with Crippen molar-refractivity contribution in [3.05, 3.63) is 71.4 Å². The minimum Gasteiger partial charge on any atom is -0.481 e. The normalized spacial score (nSPS) is 13.0. The zero-order chi connectivity index (χ0) is 24.2. The predicted octanol–water partition coefficient (Wildman–Crippen LogP) is 3.62. The molecule has 4 rings (SSSR count). The maximum Gasteiger partial charge on any atom is 0.412 e. The van der Waals surface area contributed by atoms with Gasteiger partial charge < -0.3 is 15.2 Å². The summed E-state index contributed by atoms with van der Waals surface area (Å²) in [6.45, 7) is 2.06. The Morgan fingerprint density at radius 2 is 1.71 bits per heavy atom. The number of anilines is 1. The number of aliphatic carboxylic acids is 1. The third-order valence-corrected chi connectivity index (χ3v) is 5.88. The lowest BCUT2D eigenvalue weighted by atomic mass is 9.98. The first-order chi connectivity index (χ1) is 16.3. The van der Waals surface area contributed by atoms with E-state index in [1.54, 1.807) is 14.0 Å². The highest BCUT2D eigenvalue weighted by Crippen LogP contribution is 2.44. The van der Waals surface area contributed by atoms with Crippen LogP contribution in [0, 0.1) is 5.92 Å². The molecule has 0 aliphatic heterocycles. The van der Waals surface area contributed by atoms with Crippen molar-refractivity contribution < 1.29 is 24.2 Å². The smallest absolute Gasteiger partial charge is 0.412 e. The average molecular weight is 463 g/mol. The lowest BCUT2D eigenvalue weighted by molar-refractivity contribution is -0.137. The van der Waals surface area contributed by atoms with Crippen LogP contribution >= 0.6 is 0 Å². The summed E-state index contributed by atoms with van der Waals surface area (Å²) in [5.41, 5.74) is 4.64. The Labute approximate surface area is 196 Å². The monoisotopic (exact) mass is 462 g/mol. The largest absolute Gasteiger partial charge is 0.481 e. The van der Waals surface area contributed by atoms with Gasteiger partial charge in [0.25, 0.3) is 5.91 Å². The van der Waals surface area contributed by atoms with Crippen molar-refractivity contribution >= 4 is 23.8 Å². The molecule has 3 aromatic rings. The fourth-order valence-electron chi connectivity index (χ4n) is 4.22. The van der Waals surface area contributed by atoms with Gasteiger partial charge >= 0.3 is 12.1 Å². The molecule has 1 unspecified atom stereocenters. The molecular weight excluding hydrogens is 436 g/mol. The number of benzene rings is 2. The van der Waals surface area contributed by atoms with Crippen molar-refractivity contribution in [1.82, 2.24) is 15.1 Å². The first-order valence-electron chi connectivity index (χ1n) is 11.0. The summed E-state index contributed by atoms with van der Waals surface area (Å²) in [6.07, 6.45) is 0.591. The second-order valence-electron chi connectivity index (χ2n) is 8.39.